The summed E-state index contributed by atoms with van der Waals surface area (Å²) in [6.07, 6.45) is 1.02. The third kappa shape index (κ3) is 3.54. The molecule has 0 bridgehead atoms. The minimum Gasteiger partial charge on any atom is -0.366 e. The van der Waals surface area contributed by atoms with Gasteiger partial charge < -0.3 is 16.0 Å². The number of amides is 1. The van der Waals surface area contributed by atoms with E-state index in [0.717, 1.165) is 24.2 Å². The Morgan fingerprint density at radius 3 is 2.68 bits per heavy atom. The van der Waals surface area contributed by atoms with Crippen LogP contribution in [0.3, 0.4) is 0 Å². The van der Waals surface area contributed by atoms with Gasteiger partial charge in [0.15, 0.2) is 0 Å². The predicted molar refractivity (Wildman–Crippen MR) is 80.5 cm³/mol. The Balaban J connectivity index is 3.31. The number of carbonyl (C=O) groups is 1. The van der Waals surface area contributed by atoms with Gasteiger partial charge in [-0.3, -0.25) is 9.79 Å². The second kappa shape index (κ2) is 6.89. The fraction of sp³-hybridized carbons (Fsp3) is 0.429. The highest BCUT2D eigenvalue weighted by Gasteiger charge is 2.15. The fourth-order valence-electron chi connectivity index (χ4n) is 2.17. The van der Waals surface area contributed by atoms with Crippen molar-refractivity contribution in [1.29, 1.82) is 0 Å². The molecule has 0 aromatic heterocycles. The summed E-state index contributed by atoms with van der Waals surface area (Å²) in [6.45, 7) is 9.28. The van der Waals surface area contributed by atoms with Crippen LogP contribution in [0.5, 0.6) is 0 Å². The maximum absolute atomic E-state index is 11.3. The van der Waals surface area contributed by atoms with Gasteiger partial charge in [0.05, 0.1) is 18.0 Å². The minimum atomic E-state index is -0.449. The topological polar surface area (TPSA) is 70.7 Å². The first kappa shape index (κ1) is 15.2. The number of aliphatic imine (C=N–C) groups is 1. The number of carbonyl (C=O) groups excluding carboxylic acids is 1. The van der Waals surface area contributed by atoms with E-state index in [1.807, 2.05) is 14.0 Å². The van der Waals surface area contributed by atoms with E-state index < -0.39 is 5.91 Å². The number of anilines is 1. The molecule has 3 N–H and O–H groups in total. The average molecular weight is 262 g/mol. The Morgan fingerprint density at radius 1 is 1.53 bits per heavy atom. The Labute approximate surface area is 114 Å². The molecule has 1 aromatic carbocycles. The highest BCUT2D eigenvalue weighted by Crippen LogP contribution is 2.33. The number of aryl methyl sites for hydroxylation is 1. The summed E-state index contributed by atoms with van der Waals surface area (Å²) in [4.78, 5) is 17.5. The molecule has 104 valence electrons. The van der Waals surface area contributed by atoms with Crippen molar-refractivity contribution in [3.05, 3.63) is 23.3 Å². The van der Waals surface area contributed by atoms with Crippen molar-refractivity contribution in [3.63, 3.8) is 0 Å². The lowest BCUT2D eigenvalue weighted by Gasteiger charge is -2.27. The molecule has 0 heterocycles. The van der Waals surface area contributed by atoms with E-state index in [1.165, 1.54) is 0 Å². The van der Waals surface area contributed by atoms with Crippen LogP contribution in [-0.2, 0) is 0 Å². The molecule has 0 aliphatic heterocycles. The minimum absolute atomic E-state index is 0.449. The second-order valence-electron chi connectivity index (χ2n) is 4.46. The zero-order valence-corrected chi connectivity index (χ0v) is 11.9. The van der Waals surface area contributed by atoms with Gasteiger partial charge in [-0.15, -0.1) is 0 Å². The van der Waals surface area contributed by atoms with Crippen LogP contribution in [0.25, 0.3) is 0 Å². The molecule has 0 saturated heterocycles. The van der Waals surface area contributed by atoms with Crippen molar-refractivity contribution in [3.8, 4) is 0 Å². The summed E-state index contributed by atoms with van der Waals surface area (Å²) in [5, 5.41) is 3.14. The van der Waals surface area contributed by atoms with E-state index in [9.17, 15) is 4.79 Å². The molecule has 1 aromatic rings. The second-order valence-corrected chi connectivity index (χ2v) is 4.46. The summed E-state index contributed by atoms with van der Waals surface area (Å²) >= 11 is 0. The smallest absolute Gasteiger partial charge is 0.248 e. The highest BCUT2D eigenvalue weighted by atomic mass is 16.1. The zero-order valence-electron chi connectivity index (χ0n) is 11.9. The first-order chi connectivity index (χ1) is 9.04. The Morgan fingerprint density at radius 2 is 2.21 bits per heavy atom. The van der Waals surface area contributed by atoms with Gasteiger partial charge in [0, 0.05) is 12.1 Å². The quantitative estimate of drug-likeness (QED) is 0.581. The third-order valence-electron chi connectivity index (χ3n) is 2.89. The summed E-state index contributed by atoms with van der Waals surface area (Å²) in [7, 11) is 1.90. The van der Waals surface area contributed by atoms with E-state index in [4.69, 9.17) is 5.73 Å². The Kier molecular flexibility index (Phi) is 5.51. The first-order valence-corrected chi connectivity index (χ1v) is 6.35. The number of primary amides is 1. The van der Waals surface area contributed by atoms with Gasteiger partial charge in [0.2, 0.25) is 5.91 Å². The van der Waals surface area contributed by atoms with E-state index in [1.54, 1.807) is 12.1 Å². The van der Waals surface area contributed by atoms with Gasteiger partial charge in [0.25, 0.3) is 0 Å². The SMILES string of the molecule is C=Nc1cc(C(N)=O)cc(C)c1N(CCC)CNC. The van der Waals surface area contributed by atoms with Gasteiger partial charge in [-0.25, -0.2) is 0 Å². The van der Waals surface area contributed by atoms with E-state index >= 15 is 0 Å². The largest absolute Gasteiger partial charge is 0.366 e. The Bertz CT molecular complexity index is 465. The number of rotatable bonds is 7. The molecule has 0 aliphatic carbocycles. The van der Waals surface area contributed by atoms with Crippen LogP contribution < -0.4 is 16.0 Å². The van der Waals surface area contributed by atoms with Crippen molar-refractivity contribution in [2.24, 2.45) is 10.7 Å². The first-order valence-electron chi connectivity index (χ1n) is 6.35. The lowest BCUT2D eigenvalue weighted by atomic mass is 10.1. The number of hydrogen-bond donors (Lipinski definition) is 2. The maximum Gasteiger partial charge on any atom is 0.248 e. The average Bonchev–Trinajstić information content (AvgIpc) is 2.37. The molecule has 0 saturated carbocycles. The van der Waals surface area contributed by atoms with Gasteiger partial charge in [-0.1, -0.05) is 6.92 Å². The summed E-state index contributed by atoms with van der Waals surface area (Å²) < 4.78 is 0. The third-order valence-corrected chi connectivity index (χ3v) is 2.89. The van der Waals surface area contributed by atoms with Crippen LogP contribution in [0, 0.1) is 6.92 Å². The van der Waals surface area contributed by atoms with Crippen molar-refractivity contribution >= 4 is 24.0 Å². The number of nitrogens with two attached hydrogens (primary N) is 1. The highest BCUT2D eigenvalue weighted by molar-refractivity contribution is 5.95. The van der Waals surface area contributed by atoms with E-state index in [2.05, 4.69) is 28.9 Å². The molecule has 0 radical (unpaired) electrons. The molecule has 1 amide bonds. The fourth-order valence-corrected chi connectivity index (χ4v) is 2.17. The number of hydrogen-bond acceptors (Lipinski definition) is 4. The normalized spacial score (nSPS) is 10.3. The van der Waals surface area contributed by atoms with Gasteiger partial charge in [0.1, 0.15) is 0 Å². The molecule has 0 spiro atoms. The summed E-state index contributed by atoms with van der Waals surface area (Å²) in [5.41, 5.74) is 8.45. The van der Waals surface area contributed by atoms with Crippen LogP contribution in [0.15, 0.2) is 17.1 Å². The van der Waals surface area contributed by atoms with Crippen LogP contribution >= 0.6 is 0 Å². The number of benzene rings is 1. The summed E-state index contributed by atoms with van der Waals surface area (Å²) in [6, 6.07) is 3.49. The van der Waals surface area contributed by atoms with Gasteiger partial charge >= 0.3 is 0 Å². The molecule has 19 heavy (non-hydrogen) atoms. The molecular weight excluding hydrogens is 240 g/mol. The van der Waals surface area contributed by atoms with Crippen molar-refractivity contribution in [2.75, 3.05) is 25.2 Å². The molecule has 0 fully saturated rings. The van der Waals surface area contributed by atoms with Gasteiger partial charge in [-0.05, 0) is 44.8 Å². The van der Waals surface area contributed by atoms with Crippen LogP contribution in [-0.4, -0.2) is 32.9 Å². The van der Waals surface area contributed by atoms with Crippen molar-refractivity contribution in [1.82, 2.24) is 5.32 Å². The van der Waals surface area contributed by atoms with Crippen molar-refractivity contribution in [2.45, 2.75) is 20.3 Å². The summed E-state index contributed by atoms with van der Waals surface area (Å²) in [5.74, 6) is -0.449. The molecule has 1 rings (SSSR count). The molecular formula is C14H22N4O. The van der Waals surface area contributed by atoms with Crippen LogP contribution in [0.4, 0.5) is 11.4 Å². The van der Waals surface area contributed by atoms with E-state index in [-0.39, 0.29) is 0 Å². The monoisotopic (exact) mass is 262 g/mol. The van der Waals surface area contributed by atoms with Gasteiger partial charge in [-0.2, -0.15) is 0 Å². The molecule has 5 nitrogen and oxygen atoms in total. The standard InChI is InChI=1S/C14H22N4O/c1-5-6-18(9-16-3)13-10(2)7-11(14(15)19)8-12(13)17-4/h7-8,16H,4-6,9H2,1-3H3,(H2,15,19). The number of nitrogens with one attached hydrogen (secondary N) is 1. The Hall–Kier alpha value is -1.88. The van der Waals surface area contributed by atoms with Crippen LogP contribution in [0.1, 0.15) is 29.3 Å². The van der Waals surface area contributed by atoms with E-state index in [0.29, 0.717) is 17.9 Å². The maximum atomic E-state index is 11.3. The lowest BCUT2D eigenvalue weighted by molar-refractivity contribution is 0.1000. The molecule has 0 aliphatic rings. The zero-order chi connectivity index (χ0) is 14.4. The van der Waals surface area contributed by atoms with Crippen LogP contribution in [0.2, 0.25) is 0 Å². The number of nitrogens with zero attached hydrogens (tertiary/aromatic N) is 2. The van der Waals surface area contributed by atoms with Crippen molar-refractivity contribution < 1.29 is 4.79 Å². The molecule has 0 atom stereocenters. The lowest BCUT2D eigenvalue weighted by Crippen LogP contribution is -2.33. The molecule has 5 heteroatoms. The molecule has 0 unspecified atom stereocenters. The predicted octanol–water partition coefficient (Wildman–Crippen LogP) is 1.82.